The van der Waals surface area contributed by atoms with E-state index in [-0.39, 0.29) is 5.54 Å². The predicted molar refractivity (Wildman–Crippen MR) is 87.5 cm³/mol. The van der Waals surface area contributed by atoms with Gasteiger partial charge in [-0.2, -0.15) is 4.99 Å². The third-order valence-corrected chi connectivity index (χ3v) is 5.20. The zero-order valence-corrected chi connectivity index (χ0v) is 13.4. The molecule has 1 aromatic rings. The molecule has 1 saturated carbocycles. The summed E-state index contributed by atoms with van der Waals surface area (Å²) in [7, 11) is 2.18. The molecule has 4 heteroatoms. The zero-order chi connectivity index (χ0) is 15.4. The summed E-state index contributed by atoms with van der Waals surface area (Å²) in [6.45, 7) is 5.42. The van der Waals surface area contributed by atoms with Crippen LogP contribution in [0.25, 0.3) is 0 Å². The van der Waals surface area contributed by atoms with Gasteiger partial charge in [-0.25, -0.2) is 4.79 Å². The minimum atomic E-state index is -0.315. The van der Waals surface area contributed by atoms with E-state index in [4.69, 9.17) is 0 Å². The molecule has 0 aromatic heterocycles. The molecule has 1 heterocycles. The highest BCUT2D eigenvalue weighted by molar-refractivity contribution is 5.41. The van der Waals surface area contributed by atoms with E-state index in [9.17, 15) is 4.79 Å². The third-order valence-electron chi connectivity index (χ3n) is 5.20. The fraction of sp³-hybridized carbons (Fsp3) is 0.611. The summed E-state index contributed by atoms with van der Waals surface area (Å²) in [5, 5.41) is 0. The number of hydrogen-bond acceptors (Lipinski definition) is 4. The van der Waals surface area contributed by atoms with Gasteiger partial charge in [-0.1, -0.05) is 37.1 Å². The lowest BCUT2D eigenvalue weighted by molar-refractivity contribution is 0.147. The van der Waals surface area contributed by atoms with E-state index in [0.717, 1.165) is 58.4 Å². The van der Waals surface area contributed by atoms with Crippen molar-refractivity contribution in [3.8, 4) is 0 Å². The Morgan fingerprint density at radius 1 is 1.14 bits per heavy atom. The molecule has 2 aliphatic rings. The maximum absolute atomic E-state index is 11.0. The number of isocyanates is 1. The van der Waals surface area contributed by atoms with Gasteiger partial charge in [0.25, 0.3) is 0 Å². The Bertz CT molecular complexity index is 551. The molecule has 1 saturated heterocycles. The molecule has 1 aliphatic heterocycles. The molecule has 4 nitrogen and oxygen atoms in total. The maximum Gasteiger partial charge on any atom is 0.235 e. The van der Waals surface area contributed by atoms with Gasteiger partial charge in [0, 0.05) is 32.7 Å². The van der Waals surface area contributed by atoms with Gasteiger partial charge in [-0.3, -0.25) is 4.90 Å². The molecule has 0 amide bonds. The summed E-state index contributed by atoms with van der Waals surface area (Å²) < 4.78 is 0. The summed E-state index contributed by atoms with van der Waals surface area (Å²) in [6, 6.07) is 8.54. The number of piperazine rings is 1. The Morgan fingerprint density at radius 3 is 2.50 bits per heavy atom. The Hall–Kier alpha value is -1.48. The van der Waals surface area contributed by atoms with E-state index in [0.29, 0.717) is 0 Å². The Labute approximate surface area is 132 Å². The van der Waals surface area contributed by atoms with Gasteiger partial charge in [0.15, 0.2) is 0 Å². The lowest BCUT2D eigenvalue weighted by Gasteiger charge is -2.34. The number of likely N-dealkylation sites (N-methyl/N-ethyl adjacent to an activating group) is 1. The van der Waals surface area contributed by atoms with E-state index in [1.807, 2.05) is 6.08 Å². The van der Waals surface area contributed by atoms with Gasteiger partial charge >= 0.3 is 0 Å². The summed E-state index contributed by atoms with van der Waals surface area (Å²) >= 11 is 0. The standard InChI is InChI=1S/C18H25N3O/c1-20-10-12-21(13-11-20)14-16-6-2-3-7-17(16)18(19-15-22)8-4-5-9-18/h2-3,6-7H,4-5,8-14H2,1H3. The normalized spacial score (nSPS) is 22.4. The van der Waals surface area contributed by atoms with Gasteiger partial charge in [0.05, 0.1) is 5.54 Å². The fourth-order valence-electron chi connectivity index (χ4n) is 3.85. The van der Waals surface area contributed by atoms with Crippen LogP contribution < -0.4 is 0 Å². The predicted octanol–water partition coefficient (Wildman–Crippen LogP) is 2.54. The third kappa shape index (κ3) is 3.14. The molecule has 2 fully saturated rings. The minimum absolute atomic E-state index is 0.315. The van der Waals surface area contributed by atoms with E-state index in [2.05, 4.69) is 46.1 Å². The topological polar surface area (TPSA) is 35.9 Å². The Kier molecular flexibility index (Phi) is 4.72. The van der Waals surface area contributed by atoms with Crippen LogP contribution in [0.3, 0.4) is 0 Å². The fourth-order valence-corrected chi connectivity index (χ4v) is 3.85. The van der Waals surface area contributed by atoms with E-state index >= 15 is 0 Å². The van der Waals surface area contributed by atoms with Crippen molar-refractivity contribution in [1.82, 2.24) is 9.80 Å². The first-order valence-corrected chi connectivity index (χ1v) is 8.32. The number of rotatable bonds is 4. The highest BCUT2D eigenvalue weighted by Crippen LogP contribution is 2.43. The highest BCUT2D eigenvalue weighted by Gasteiger charge is 2.37. The number of carbonyl (C=O) groups excluding carboxylic acids is 1. The van der Waals surface area contributed by atoms with Gasteiger partial charge < -0.3 is 4.90 Å². The van der Waals surface area contributed by atoms with Crippen molar-refractivity contribution in [3.63, 3.8) is 0 Å². The van der Waals surface area contributed by atoms with E-state index < -0.39 is 0 Å². The number of benzene rings is 1. The lowest BCUT2D eigenvalue weighted by Crippen LogP contribution is -2.44. The van der Waals surface area contributed by atoms with Crippen molar-refractivity contribution >= 4 is 6.08 Å². The van der Waals surface area contributed by atoms with Crippen LogP contribution in [-0.4, -0.2) is 49.1 Å². The van der Waals surface area contributed by atoms with Crippen molar-refractivity contribution in [2.24, 2.45) is 4.99 Å². The van der Waals surface area contributed by atoms with Crippen LogP contribution in [0.5, 0.6) is 0 Å². The first-order valence-electron chi connectivity index (χ1n) is 8.32. The highest BCUT2D eigenvalue weighted by atomic mass is 16.1. The summed E-state index contributed by atoms with van der Waals surface area (Å²) in [5.74, 6) is 0. The molecule has 0 unspecified atom stereocenters. The van der Waals surface area contributed by atoms with Crippen LogP contribution in [0.1, 0.15) is 36.8 Å². The first-order chi connectivity index (χ1) is 10.7. The van der Waals surface area contributed by atoms with Crippen LogP contribution in [0, 0.1) is 0 Å². The van der Waals surface area contributed by atoms with Crippen LogP contribution in [0.4, 0.5) is 0 Å². The van der Waals surface area contributed by atoms with Gasteiger partial charge in [0.2, 0.25) is 6.08 Å². The second-order valence-electron chi connectivity index (χ2n) is 6.68. The molecule has 1 aromatic carbocycles. The van der Waals surface area contributed by atoms with Gasteiger partial charge in [0.1, 0.15) is 0 Å². The average molecular weight is 299 g/mol. The lowest BCUT2D eigenvalue weighted by atomic mass is 9.85. The first kappa shape index (κ1) is 15.4. The minimum Gasteiger partial charge on any atom is -0.304 e. The molecular weight excluding hydrogens is 274 g/mol. The van der Waals surface area contributed by atoms with Crippen LogP contribution in [0.15, 0.2) is 29.3 Å². The summed E-state index contributed by atoms with van der Waals surface area (Å²) in [6.07, 6.45) is 6.08. The zero-order valence-electron chi connectivity index (χ0n) is 13.4. The van der Waals surface area contributed by atoms with Crippen molar-refractivity contribution in [3.05, 3.63) is 35.4 Å². The summed E-state index contributed by atoms with van der Waals surface area (Å²) in [4.78, 5) is 20.1. The SMILES string of the molecule is CN1CCN(Cc2ccccc2C2(N=C=O)CCCC2)CC1. The molecule has 22 heavy (non-hydrogen) atoms. The van der Waals surface area contributed by atoms with E-state index in [1.165, 1.54) is 11.1 Å². The molecule has 3 rings (SSSR count). The second kappa shape index (κ2) is 6.74. The van der Waals surface area contributed by atoms with Crippen molar-refractivity contribution < 1.29 is 4.79 Å². The number of hydrogen-bond donors (Lipinski definition) is 0. The van der Waals surface area contributed by atoms with Crippen molar-refractivity contribution in [2.75, 3.05) is 33.2 Å². The largest absolute Gasteiger partial charge is 0.304 e. The molecule has 0 radical (unpaired) electrons. The smallest absolute Gasteiger partial charge is 0.235 e. The number of aliphatic imine (C=N–C) groups is 1. The van der Waals surface area contributed by atoms with E-state index in [1.54, 1.807) is 0 Å². The molecule has 0 atom stereocenters. The molecule has 118 valence electrons. The van der Waals surface area contributed by atoms with Crippen LogP contribution >= 0.6 is 0 Å². The maximum atomic E-state index is 11.0. The molecule has 0 N–H and O–H groups in total. The Balaban J connectivity index is 1.85. The van der Waals surface area contributed by atoms with Gasteiger partial charge in [-0.15, -0.1) is 0 Å². The summed E-state index contributed by atoms with van der Waals surface area (Å²) in [5.41, 5.74) is 2.26. The second-order valence-corrected chi connectivity index (χ2v) is 6.68. The Morgan fingerprint density at radius 2 is 1.82 bits per heavy atom. The van der Waals surface area contributed by atoms with Gasteiger partial charge in [-0.05, 0) is 31.0 Å². The molecule has 0 bridgehead atoms. The molecule has 1 aliphatic carbocycles. The molecule has 0 spiro atoms. The van der Waals surface area contributed by atoms with Crippen LogP contribution in [-0.2, 0) is 16.9 Å². The van der Waals surface area contributed by atoms with Crippen LogP contribution in [0.2, 0.25) is 0 Å². The monoisotopic (exact) mass is 299 g/mol. The number of nitrogens with zero attached hydrogens (tertiary/aromatic N) is 3. The van der Waals surface area contributed by atoms with Crippen molar-refractivity contribution in [2.45, 2.75) is 37.8 Å². The average Bonchev–Trinajstić information content (AvgIpc) is 3.00. The quantitative estimate of drug-likeness (QED) is 0.633. The van der Waals surface area contributed by atoms with Crippen molar-refractivity contribution in [1.29, 1.82) is 0 Å². The molecular formula is C18H25N3O.